The Hall–Kier alpha value is -2.63. The van der Waals surface area contributed by atoms with Gasteiger partial charge in [0.2, 0.25) is 17.7 Å². The lowest BCUT2D eigenvalue weighted by atomic mass is 9.99. The second-order valence-corrected chi connectivity index (χ2v) is 9.26. The molecule has 0 radical (unpaired) electrons. The first kappa shape index (κ1) is 23.5. The van der Waals surface area contributed by atoms with Crippen molar-refractivity contribution in [3.05, 3.63) is 58.0 Å². The molecule has 7 nitrogen and oxygen atoms in total. The molecule has 2 heterocycles. The van der Waals surface area contributed by atoms with Gasteiger partial charge in [-0.15, -0.1) is 0 Å². The van der Waals surface area contributed by atoms with Gasteiger partial charge in [0.05, 0.1) is 12.0 Å². The van der Waals surface area contributed by atoms with Crippen molar-refractivity contribution >= 4 is 29.5 Å². The molecule has 0 spiro atoms. The molecular weight excluding hydrogens is 459 g/mol. The van der Waals surface area contributed by atoms with Gasteiger partial charge >= 0.3 is 5.51 Å². The molecule has 176 valence electrons. The summed E-state index contributed by atoms with van der Waals surface area (Å²) >= 11 is -0.200. The Bertz CT molecular complexity index is 1040. The number of thioether (sulfide) groups is 1. The standard InChI is InChI=1S/C22H22F3N3O4S/c23-22(24,25)33-15-4-2-13(3-5-15)19(30)26-10-12-1-6-16-14(9-12)11-28(21(16)32)17-7-8-18(29)27-20(17)31/h1-2,4-6,9,13,17,21,32H,3,7-8,10-11H2,(H,26,30)(H,27,29,31). The van der Waals surface area contributed by atoms with E-state index < -0.39 is 29.6 Å². The van der Waals surface area contributed by atoms with Gasteiger partial charge in [-0.1, -0.05) is 36.4 Å². The van der Waals surface area contributed by atoms with E-state index in [0.29, 0.717) is 18.5 Å². The van der Waals surface area contributed by atoms with Crippen LogP contribution in [0.15, 0.2) is 41.3 Å². The molecule has 1 aromatic rings. The molecule has 0 bridgehead atoms. The number of alkyl halides is 3. The van der Waals surface area contributed by atoms with Crippen molar-refractivity contribution < 1.29 is 32.7 Å². The quantitative estimate of drug-likeness (QED) is 0.560. The molecule has 1 aliphatic carbocycles. The number of aliphatic hydroxyl groups is 1. The van der Waals surface area contributed by atoms with Crippen molar-refractivity contribution in [3.63, 3.8) is 0 Å². The summed E-state index contributed by atoms with van der Waals surface area (Å²) in [5.74, 6) is -1.57. The third-order valence-electron chi connectivity index (χ3n) is 5.87. The smallest absolute Gasteiger partial charge is 0.374 e. The van der Waals surface area contributed by atoms with E-state index in [1.54, 1.807) is 17.0 Å². The van der Waals surface area contributed by atoms with E-state index in [4.69, 9.17) is 0 Å². The average Bonchev–Trinajstić information content (AvgIpc) is 3.07. The summed E-state index contributed by atoms with van der Waals surface area (Å²) in [6.07, 6.45) is 3.97. The van der Waals surface area contributed by atoms with Crippen LogP contribution in [-0.2, 0) is 27.5 Å². The van der Waals surface area contributed by atoms with Crippen molar-refractivity contribution in [2.45, 2.75) is 50.1 Å². The van der Waals surface area contributed by atoms with Crippen LogP contribution in [0.1, 0.15) is 42.2 Å². The fraction of sp³-hybridized carbons (Fsp3) is 0.409. The average molecular weight is 481 g/mol. The van der Waals surface area contributed by atoms with Crippen LogP contribution in [0, 0.1) is 5.92 Å². The Morgan fingerprint density at radius 3 is 2.76 bits per heavy atom. The number of imide groups is 1. The van der Waals surface area contributed by atoms with Gasteiger partial charge in [0.25, 0.3) is 0 Å². The number of nitrogens with one attached hydrogen (secondary N) is 2. The minimum atomic E-state index is -4.36. The highest BCUT2D eigenvalue weighted by Crippen LogP contribution is 2.39. The van der Waals surface area contributed by atoms with Crippen LogP contribution in [0.25, 0.3) is 0 Å². The lowest BCUT2D eigenvalue weighted by Gasteiger charge is -2.31. The topological polar surface area (TPSA) is 98.7 Å². The Kier molecular flexibility index (Phi) is 6.64. The molecule has 0 saturated carbocycles. The zero-order valence-corrected chi connectivity index (χ0v) is 18.2. The first-order chi connectivity index (χ1) is 15.6. The number of aliphatic hydroxyl groups excluding tert-OH is 1. The van der Waals surface area contributed by atoms with Gasteiger partial charge in [-0.3, -0.25) is 24.6 Å². The lowest BCUT2D eigenvalue weighted by Crippen LogP contribution is -2.51. The van der Waals surface area contributed by atoms with E-state index in [1.807, 2.05) is 6.07 Å². The van der Waals surface area contributed by atoms with E-state index in [9.17, 15) is 32.7 Å². The Balaban J connectivity index is 1.33. The molecule has 1 aromatic carbocycles. The second kappa shape index (κ2) is 9.32. The summed E-state index contributed by atoms with van der Waals surface area (Å²) < 4.78 is 37.3. The first-order valence-electron chi connectivity index (χ1n) is 10.4. The van der Waals surface area contributed by atoms with Gasteiger partial charge < -0.3 is 10.4 Å². The minimum absolute atomic E-state index is 0.0734. The van der Waals surface area contributed by atoms with E-state index in [1.165, 1.54) is 18.2 Å². The molecule has 3 amide bonds. The third-order valence-corrected chi connectivity index (χ3v) is 6.64. The summed E-state index contributed by atoms with van der Waals surface area (Å²) in [5.41, 5.74) is -2.07. The highest BCUT2D eigenvalue weighted by Gasteiger charge is 2.39. The van der Waals surface area contributed by atoms with Gasteiger partial charge in [0, 0.05) is 24.4 Å². The number of benzene rings is 1. The highest BCUT2D eigenvalue weighted by atomic mass is 32.2. The summed E-state index contributed by atoms with van der Waals surface area (Å²) in [7, 11) is 0. The van der Waals surface area contributed by atoms with E-state index in [-0.39, 0.29) is 47.9 Å². The number of fused-ring (bicyclic) bond motifs is 1. The van der Waals surface area contributed by atoms with Gasteiger partial charge in [0.1, 0.15) is 6.23 Å². The highest BCUT2D eigenvalue weighted by molar-refractivity contribution is 8.04. The summed E-state index contributed by atoms with van der Waals surface area (Å²) in [6, 6.07) is 4.77. The number of carbonyl (C=O) groups is 3. The molecule has 3 unspecified atom stereocenters. The van der Waals surface area contributed by atoms with Crippen molar-refractivity contribution in [1.29, 1.82) is 0 Å². The lowest BCUT2D eigenvalue weighted by molar-refractivity contribution is -0.141. The Morgan fingerprint density at radius 1 is 1.30 bits per heavy atom. The molecule has 1 saturated heterocycles. The number of rotatable bonds is 5. The largest absolute Gasteiger partial charge is 0.446 e. The number of hydrogen-bond acceptors (Lipinski definition) is 6. The second-order valence-electron chi connectivity index (χ2n) is 8.12. The van der Waals surface area contributed by atoms with Crippen molar-refractivity contribution in [1.82, 2.24) is 15.5 Å². The zero-order valence-electron chi connectivity index (χ0n) is 17.4. The molecule has 1 fully saturated rings. The summed E-state index contributed by atoms with van der Waals surface area (Å²) in [6.45, 7) is 0.555. The van der Waals surface area contributed by atoms with E-state index in [0.717, 1.165) is 11.1 Å². The van der Waals surface area contributed by atoms with Crippen LogP contribution in [0.3, 0.4) is 0 Å². The van der Waals surface area contributed by atoms with Crippen LogP contribution < -0.4 is 10.6 Å². The third kappa shape index (κ3) is 5.48. The molecule has 33 heavy (non-hydrogen) atoms. The number of nitrogens with zero attached hydrogens (tertiary/aromatic N) is 1. The van der Waals surface area contributed by atoms with E-state index in [2.05, 4.69) is 10.6 Å². The molecule has 4 rings (SSSR count). The molecule has 0 aromatic heterocycles. The Labute approximate surface area is 192 Å². The number of amides is 3. The van der Waals surface area contributed by atoms with E-state index >= 15 is 0 Å². The summed E-state index contributed by atoms with van der Waals surface area (Å²) in [5, 5.41) is 15.7. The van der Waals surface area contributed by atoms with Crippen molar-refractivity contribution in [3.8, 4) is 0 Å². The maximum Gasteiger partial charge on any atom is 0.446 e. The minimum Gasteiger partial charge on any atom is -0.374 e. The number of allylic oxidation sites excluding steroid dienone is 2. The zero-order chi connectivity index (χ0) is 23.8. The van der Waals surface area contributed by atoms with Crippen LogP contribution in [0.2, 0.25) is 0 Å². The SMILES string of the molecule is O=C1CCC(N2Cc3cc(CNC(=O)C4C=CC(SC(F)(F)F)=CC4)ccc3C2O)C(=O)N1. The maximum atomic E-state index is 12.4. The number of carbonyl (C=O) groups excluding carboxylic acids is 3. The fourth-order valence-corrected chi connectivity index (χ4v) is 4.82. The van der Waals surface area contributed by atoms with Gasteiger partial charge in [-0.25, -0.2) is 0 Å². The van der Waals surface area contributed by atoms with Crippen molar-refractivity contribution in [2.75, 3.05) is 0 Å². The van der Waals surface area contributed by atoms with Crippen LogP contribution in [0.4, 0.5) is 13.2 Å². The van der Waals surface area contributed by atoms with Crippen LogP contribution in [0.5, 0.6) is 0 Å². The van der Waals surface area contributed by atoms with Gasteiger partial charge in [-0.05, 0) is 41.3 Å². The predicted molar refractivity (Wildman–Crippen MR) is 114 cm³/mol. The van der Waals surface area contributed by atoms with Crippen LogP contribution >= 0.6 is 11.8 Å². The molecule has 3 atom stereocenters. The summed E-state index contributed by atoms with van der Waals surface area (Å²) in [4.78, 5) is 37.7. The number of piperidine rings is 1. The number of hydrogen-bond donors (Lipinski definition) is 3. The fourth-order valence-electron chi connectivity index (χ4n) is 4.22. The normalized spacial score (nSPS) is 25.5. The predicted octanol–water partition coefficient (Wildman–Crippen LogP) is 2.63. The molecule has 11 heteroatoms. The van der Waals surface area contributed by atoms with Gasteiger partial charge in [-0.2, -0.15) is 13.2 Å². The van der Waals surface area contributed by atoms with Crippen molar-refractivity contribution in [2.24, 2.45) is 5.92 Å². The maximum absolute atomic E-state index is 12.4. The molecule has 3 aliphatic rings. The number of halogens is 3. The monoisotopic (exact) mass is 481 g/mol. The Morgan fingerprint density at radius 2 is 2.09 bits per heavy atom. The van der Waals surface area contributed by atoms with Crippen LogP contribution in [-0.4, -0.2) is 39.3 Å². The first-order valence-corrected chi connectivity index (χ1v) is 11.2. The molecule has 3 N–H and O–H groups in total. The molecule has 2 aliphatic heterocycles. The van der Waals surface area contributed by atoms with Gasteiger partial charge in [0.15, 0.2) is 0 Å². The molecular formula is C22H22F3N3O4S.